The highest BCUT2D eigenvalue weighted by atomic mass is 32.2. The maximum atomic E-state index is 12.6. The van der Waals surface area contributed by atoms with Crippen molar-refractivity contribution in [2.75, 3.05) is 22.9 Å². The molecule has 168 valence electrons. The number of aromatic nitrogens is 1. The van der Waals surface area contributed by atoms with Gasteiger partial charge in [0.25, 0.3) is 0 Å². The van der Waals surface area contributed by atoms with Gasteiger partial charge in [-0.05, 0) is 17.7 Å². The van der Waals surface area contributed by atoms with Crippen molar-refractivity contribution in [2.24, 2.45) is 0 Å². The lowest BCUT2D eigenvalue weighted by Crippen LogP contribution is -2.29. The Labute approximate surface area is 191 Å². The quantitative estimate of drug-likeness (QED) is 0.522. The van der Waals surface area contributed by atoms with Crippen LogP contribution >= 0.6 is 11.3 Å². The van der Waals surface area contributed by atoms with Crippen molar-refractivity contribution in [1.29, 1.82) is 0 Å². The Hall–Kier alpha value is -3.24. The van der Waals surface area contributed by atoms with Gasteiger partial charge in [-0.1, -0.05) is 42.5 Å². The van der Waals surface area contributed by atoms with Crippen LogP contribution in [-0.2, 0) is 19.6 Å². The SMILES string of the molecule is CC(=O)N[C@@H](CC(=O)Nc1nc(-c2ccc(N(C)S(C)(=O)=O)cc2)cs1)c1ccccc1. The maximum absolute atomic E-state index is 12.6. The molecule has 2 aromatic carbocycles. The highest BCUT2D eigenvalue weighted by Crippen LogP contribution is 2.27. The van der Waals surface area contributed by atoms with E-state index in [2.05, 4.69) is 15.6 Å². The summed E-state index contributed by atoms with van der Waals surface area (Å²) in [7, 11) is -1.84. The van der Waals surface area contributed by atoms with E-state index in [4.69, 9.17) is 0 Å². The van der Waals surface area contributed by atoms with E-state index in [-0.39, 0.29) is 18.2 Å². The molecule has 0 aliphatic heterocycles. The van der Waals surface area contributed by atoms with Crippen LogP contribution in [-0.4, -0.2) is 38.5 Å². The van der Waals surface area contributed by atoms with Crippen LogP contribution in [0.3, 0.4) is 0 Å². The molecule has 0 bridgehead atoms. The summed E-state index contributed by atoms with van der Waals surface area (Å²) in [6.07, 6.45) is 1.22. The van der Waals surface area contributed by atoms with E-state index in [0.29, 0.717) is 16.5 Å². The summed E-state index contributed by atoms with van der Waals surface area (Å²) in [6, 6.07) is 15.8. The van der Waals surface area contributed by atoms with Gasteiger partial charge in [-0.15, -0.1) is 11.3 Å². The molecule has 2 N–H and O–H groups in total. The van der Waals surface area contributed by atoms with Crippen LogP contribution in [0, 0.1) is 0 Å². The number of hydrogen-bond donors (Lipinski definition) is 2. The second kappa shape index (κ2) is 9.92. The average molecular weight is 473 g/mol. The Morgan fingerprint density at radius 2 is 1.75 bits per heavy atom. The maximum Gasteiger partial charge on any atom is 0.231 e. The Morgan fingerprint density at radius 3 is 2.34 bits per heavy atom. The number of nitrogens with zero attached hydrogens (tertiary/aromatic N) is 2. The summed E-state index contributed by atoms with van der Waals surface area (Å²) in [5, 5.41) is 7.84. The van der Waals surface area contributed by atoms with Gasteiger partial charge in [-0.2, -0.15) is 0 Å². The van der Waals surface area contributed by atoms with Gasteiger partial charge in [0.1, 0.15) is 0 Å². The first-order valence-corrected chi connectivity index (χ1v) is 12.5. The van der Waals surface area contributed by atoms with Gasteiger partial charge in [0.15, 0.2) is 5.13 Å². The largest absolute Gasteiger partial charge is 0.349 e. The van der Waals surface area contributed by atoms with Crippen molar-refractivity contribution >= 4 is 44.0 Å². The number of thiazole rings is 1. The van der Waals surface area contributed by atoms with Crippen LogP contribution in [0.2, 0.25) is 0 Å². The molecule has 0 radical (unpaired) electrons. The zero-order valence-electron chi connectivity index (χ0n) is 17.9. The van der Waals surface area contributed by atoms with E-state index in [1.165, 1.54) is 29.6 Å². The monoisotopic (exact) mass is 472 g/mol. The number of nitrogens with one attached hydrogen (secondary N) is 2. The number of anilines is 2. The third-order valence-corrected chi connectivity index (χ3v) is 6.71. The molecule has 0 saturated heterocycles. The number of sulfonamides is 1. The topological polar surface area (TPSA) is 108 Å². The normalized spacial score (nSPS) is 12.1. The molecule has 1 heterocycles. The number of rotatable bonds is 8. The molecule has 32 heavy (non-hydrogen) atoms. The number of benzene rings is 2. The summed E-state index contributed by atoms with van der Waals surface area (Å²) in [5.74, 6) is -0.480. The predicted molar refractivity (Wildman–Crippen MR) is 127 cm³/mol. The van der Waals surface area contributed by atoms with Crippen molar-refractivity contribution in [3.8, 4) is 11.3 Å². The molecule has 0 fully saturated rings. The lowest BCUT2D eigenvalue weighted by atomic mass is 10.0. The molecule has 1 atom stereocenters. The second-order valence-corrected chi connectivity index (χ2v) is 10.1. The average Bonchev–Trinajstić information content (AvgIpc) is 3.21. The van der Waals surface area contributed by atoms with Crippen LogP contribution in [0.1, 0.15) is 24.9 Å². The van der Waals surface area contributed by atoms with E-state index < -0.39 is 16.1 Å². The van der Waals surface area contributed by atoms with Crippen LogP contribution in [0.4, 0.5) is 10.8 Å². The van der Waals surface area contributed by atoms with E-state index in [0.717, 1.165) is 17.4 Å². The number of carbonyl (C=O) groups excluding carboxylic acids is 2. The molecule has 1 aromatic heterocycles. The van der Waals surface area contributed by atoms with Crippen LogP contribution in [0.5, 0.6) is 0 Å². The standard InChI is InChI=1S/C22H24N4O4S2/c1-15(27)23-19(16-7-5-4-6-8-16)13-21(28)25-22-24-20(14-31-22)17-9-11-18(12-10-17)26(2)32(3,29)30/h4-12,14,19H,13H2,1-3H3,(H,23,27)(H,24,25,28)/t19-/m0/s1. The molecule has 3 aromatic rings. The van der Waals surface area contributed by atoms with E-state index >= 15 is 0 Å². The van der Waals surface area contributed by atoms with Crippen molar-refractivity contribution < 1.29 is 18.0 Å². The zero-order chi connectivity index (χ0) is 23.3. The minimum atomic E-state index is -3.33. The van der Waals surface area contributed by atoms with Gasteiger partial charge >= 0.3 is 0 Å². The number of amides is 2. The fourth-order valence-corrected chi connectivity index (χ4v) is 4.28. The molecule has 2 amide bonds. The van der Waals surface area contributed by atoms with Gasteiger partial charge in [0.2, 0.25) is 21.8 Å². The van der Waals surface area contributed by atoms with E-state index in [1.54, 1.807) is 24.3 Å². The van der Waals surface area contributed by atoms with Gasteiger partial charge in [-0.3, -0.25) is 13.9 Å². The Balaban J connectivity index is 1.67. The molecule has 0 aliphatic rings. The molecule has 0 aliphatic carbocycles. The second-order valence-electron chi connectivity index (χ2n) is 7.23. The summed E-state index contributed by atoms with van der Waals surface area (Å²) in [6.45, 7) is 1.42. The van der Waals surface area contributed by atoms with Crippen LogP contribution < -0.4 is 14.9 Å². The fourth-order valence-electron chi connectivity index (χ4n) is 3.04. The third-order valence-electron chi connectivity index (χ3n) is 4.74. The van der Waals surface area contributed by atoms with Crippen molar-refractivity contribution in [3.05, 3.63) is 65.5 Å². The summed E-state index contributed by atoms with van der Waals surface area (Å²) < 4.78 is 24.5. The third kappa shape index (κ3) is 6.14. The highest BCUT2D eigenvalue weighted by Gasteiger charge is 2.18. The van der Waals surface area contributed by atoms with Crippen molar-refractivity contribution in [3.63, 3.8) is 0 Å². The van der Waals surface area contributed by atoms with Gasteiger partial charge in [0, 0.05) is 24.9 Å². The molecular weight excluding hydrogens is 448 g/mol. The number of hydrogen-bond acceptors (Lipinski definition) is 6. The van der Waals surface area contributed by atoms with Crippen molar-refractivity contribution in [2.45, 2.75) is 19.4 Å². The number of carbonyl (C=O) groups is 2. The molecule has 8 nitrogen and oxygen atoms in total. The minimum Gasteiger partial charge on any atom is -0.349 e. The Bertz CT molecular complexity index is 1190. The molecule has 0 spiro atoms. The van der Waals surface area contributed by atoms with Gasteiger partial charge < -0.3 is 10.6 Å². The van der Waals surface area contributed by atoms with E-state index in [9.17, 15) is 18.0 Å². The first kappa shape index (κ1) is 23.4. The lowest BCUT2D eigenvalue weighted by molar-refractivity contribution is -0.120. The van der Waals surface area contributed by atoms with Gasteiger partial charge in [0.05, 0.1) is 30.1 Å². The van der Waals surface area contributed by atoms with Crippen molar-refractivity contribution in [1.82, 2.24) is 10.3 Å². The van der Waals surface area contributed by atoms with Crippen LogP contribution in [0.15, 0.2) is 60.0 Å². The van der Waals surface area contributed by atoms with Gasteiger partial charge in [-0.25, -0.2) is 13.4 Å². The lowest BCUT2D eigenvalue weighted by Gasteiger charge is -2.17. The fraction of sp³-hybridized carbons (Fsp3) is 0.227. The summed E-state index contributed by atoms with van der Waals surface area (Å²) in [5.41, 5.74) is 2.86. The summed E-state index contributed by atoms with van der Waals surface area (Å²) in [4.78, 5) is 28.6. The Morgan fingerprint density at radius 1 is 1.09 bits per heavy atom. The first-order valence-electron chi connectivity index (χ1n) is 9.75. The van der Waals surface area contributed by atoms with Crippen LogP contribution in [0.25, 0.3) is 11.3 Å². The molecule has 0 unspecified atom stereocenters. The smallest absolute Gasteiger partial charge is 0.231 e. The molecule has 3 rings (SSSR count). The first-order chi connectivity index (χ1) is 15.1. The minimum absolute atomic E-state index is 0.0744. The molecular formula is C22H24N4O4S2. The van der Waals surface area contributed by atoms with E-state index in [1.807, 2.05) is 35.7 Å². The predicted octanol–water partition coefficient (Wildman–Crippen LogP) is 3.41. The Kier molecular flexibility index (Phi) is 7.26. The summed E-state index contributed by atoms with van der Waals surface area (Å²) >= 11 is 1.29. The molecule has 0 saturated carbocycles. The zero-order valence-corrected chi connectivity index (χ0v) is 19.5. The molecule has 10 heteroatoms. The highest BCUT2D eigenvalue weighted by molar-refractivity contribution is 7.92.